The Labute approximate surface area is 165 Å². The fourth-order valence-corrected chi connectivity index (χ4v) is 3.43. The standard InChI is InChI=1S/C19H19BrClNO4/c1-12(2)22(19(25)26-11-13-6-4-3-5-7-13)17(18(23)24)15-9-8-14(21)10-16(15)20/h3-10,12,17H,11H2,1-2H3,(H,23,24). The van der Waals surface area contributed by atoms with Crippen LogP contribution in [0.15, 0.2) is 53.0 Å². The minimum Gasteiger partial charge on any atom is -0.479 e. The first-order valence-corrected chi connectivity index (χ1v) is 9.15. The van der Waals surface area contributed by atoms with Crippen molar-refractivity contribution in [3.63, 3.8) is 0 Å². The maximum absolute atomic E-state index is 12.7. The number of rotatable bonds is 6. The largest absolute Gasteiger partial charge is 0.479 e. The Morgan fingerprint density at radius 3 is 2.38 bits per heavy atom. The van der Waals surface area contributed by atoms with Crippen LogP contribution in [0.4, 0.5) is 4.79 Å². The van der Waals surface area contributed by atoms with E-state index in [0.29, 0.717) is 15.1 Å². The molecule has 0 aromatic heterocycles. The maximum atomic E-state index is 12.7. The van der Waals surface area contributed by atoms with Gasteiger partial charge in [-0.05, 0) is 31.5 Å². The molecule has 7 heteroatoms. The van der Waals surface area contributed by atoms with Gasteiger partial charge in [-0.2, -0.15) is 0 Å². The first kappa shape index (κ1) is 20.3. The van der Waals surface area contributed by atoms with Crippen LogP contribution in [0.2, 0.25) is 5.02 Å². The first-order valence-electron chi connectivity index (χ1n) is 7.98. The summed E-state index contributed by atoms with van der Waals surface area (Å²) in [6, 6.07) is 12.4. The van der Waals surface area contributed by atoms with Crippen LogP contribution in [0, 0.1) is 0 Å². The van der Waals surface area contributed by atoms with E-state index in [-0.39, 0.29) is 12.6 Å². The molecule has 0 aliphatic carbocycles. The molecule has 1 atom stereocenters. The molecule has 0 bridgehead atoms. The van der Waals surface area contributed by atoms with E-state index in [1.807, 2.05) is 30.3 Å². The molecular weight excluding hydrogens is 422 g/mol. The number of nitrogens with zero attached hydrogens (tertiary/aromatic N) is 1. The van der Waals surface area contributed by atoms with Crippen LogP contribution in [-0.2, 0) is 16.1 Å². The summed E-state index contributed by atoms with van der Waals surface area (Å²) in [6.07, 6.45) is -0.696. The van der Waals surface area contributed by atoms with Crippen molar-refractivity contribution < 1.29 is 19.4 Å². The van der Waals surface area contributed by atoms with Crippen molar-refractivity contribution in [3.05, 3.63) is 69.2 Å². The smallest absolute Gasteiger partial charge is 0.411 e. The van der Waals surface area contributed by atoms with Gasteiger partial charge in [-0.25, -0.2) is 9.59 Å². The van der Waals surface area contributed by atoms with E-state index in [4.69, 9.17) is 16.3 Å². The summed E-state index contributed by atoms with van der Waals surface area (Å²) in [7, 11) is 0. The van der Waals surface area contributed by atoms with E-state index < -0.39 is 18.1 Å². The predicted octanol–water partition coefficient (Wildman–Crippen LogP) is 5.28. The zero-order valence-electron chi connectivity index (χ0n) is 14.4. The molecule has 2 aromatic carbocycles. The van der Waals surface area contributed by atoms with E-state index in [1.54, 1.807) is 32.0 Å². The van der Waals surface area contributed by atoms with Crippen LogP contribution < -0.4 is 0 Å². The number of halogens is 2. The van der Waals surface area contributed by atoms with Gasteiger partial charge in [0, 0.05) is 21.1 Å². The number of ether oxygens (including phenoxy) is 1. The predicted molar refractivity (Wildman–Crippen MR) is 103 cm³/mol. The molecule has 2 aromatic rings. The Morgan fingerprint density at radius 1 is 1.19 bits per heavy atom. The lowest BCUT2D eigenvalue weighted by atomic mass is 10.0. The highest BCUT2D eigenvalue weighted by Gasteiger charge is 2.35. The fourth-order valence-electron chi connectivity index (χ4n) is 2.53. The van der Waals surface area contributed by atoms with Crippen LogP contribution in [0.25, 0.3) is 0 Å². The van der Waals surface area contributed by atoms with Crippen molar-refractivity contribution in [2.45, 2.75) is 32.5 Å². The summed E-state index contributed by atoms with van der Waals surface area (Å²) in [5, 5.41) is 10.2. The highest BCUT2D eigenvalue weighted by molar-refractivity contribution is 9.10. The number of aliphatic carboxylic acids is 1. The van der Waals surface area contributed by atoms with Crippen LogP contribution in [0.5, 0.6) is 0 Å². The van der Waals surface area contributed by atoms with Gasteiger partial charge in [0.05, 0.1) is 0 Å². The molecule has 0 radical (unpaired) electrons. The minimum absolute atomic E-state index is 0.0665. The van der Waals surface area contributed by atoms with E-state index in [2.05, 4.69) is 15.9 Å². The second-order valence-corrected chi connectivity index (χ2v) is 7.24. The summed E-state index contributed by atoms with van der Waals surface area (Å²) in [5.41, 5.74) is 1.25. The van der Waals surface area contributed by atoms with E-state index in [0.717, 1.165) is 5.56 Å². The maximum Gasteiger partial charge on any atom is 0.411 e. The number of hydrogen-bond donors (Lipinski definition) is 1. The molecule has 1 unspecified atom stereocenters. The van der Waals surface area contributed by atoms with Crippen LogP contribution >= 0.6 is 27.5 Å². The molecule has 0 aliphatic heterocycles. The SMILES string of the molecule is CC(C)N(C(=O)OCc1ccccc1)C(C(=O)O)c1ccc(Cl)cc1Br. The number of carboxylic acids is 1. The third-order valence-electron chi connectivity index (χ3n) is 3.74. The average molecular weight is 441 g/mol. The van der Waals surface area contributed by atoms with Gasteiger partial charge in [-0.3, -0.25) is 4.90 Å². The summed E-state index contributed by atoms with van der Waals surface area (Å²) < 4.78 is 5.86. The van der Waals surface area contributed by atoms with E-state index in [9.17, 15) is 14.7 Å². The molecular formula is C19H19BrClNO4. The lowest BCUT2D eigenvalue weighted by molar-refractivity contribution is -0.143. The van der Waals surface area contributed by atoms with Crippen molar-refractivity contribution in [2.24, 2.45) is 0 Å². The summed E-state index contributed by atoms with van der Waals surface area (Å²) in [6.45, 7) is 3.55. The summed E-state index contributed by atoms with van der Waals surface area (Å²) in [4.78, 5) is 25.8. The van der Waals surface area contributed by atoms with Crippen molar-refractivity contribution >= 4 is 39.6 Å². The van der Waals surface area contributed by atoms with Crippen LogP contribution in [0.3, 0.4) is 0 Å². The Balaban J connectivity index is 2.29. The fraction of sp³-hybridized carbons (Fsp3) is 0.263. The lowest BCUT2D eigenvalue weighted by Crippen LogP contribution is -2.43. The molecule has 0 aliphatic rings. The number of amides is 1. The molecule has 5 nitrogen and oxygen atoms in total. The number of carboxylic acid groups (broad SMARTS) is 1. The molecule has 0 heterocycles. The number of hydrogen-bond acceptors (Lipinski definition) is 3. The summed E-state index contributed by atoms with van der Waals surface area (Å²) >= 11 is 9.27. The van der Waals surface area contributed by atoms with Gasteiger partial charge in [-0.15, -0.1) is 0 Å². The lowest BCUT2D eigenvalue weighted by Gasteiger charge is -2.32. The summed E-state index contributed by atoms with van der Waals surface area (Å²) in [5.74, 6) is -1.15. The zero-order valence-corrected chi connectivity index (χ0v) is 16.7. The van der Waals surface area contributed by atoms with Crippen molar-refractivity contribution in [2.75, 3.05) is 0 Å². The van der Waals surface area contributed by atoms with Gasteiger partial charge < -0.3 is 9.84 Å². The molecule has 2 rings (SSSR count). The second-order valence-electron chi connectivity index (χ2n) is 5.95. The molecule has 0 saturated carbocycles. The van der Waals surface area contributed by atoms with Gasteiger partial charge in [0.25, 0.3) is 0 Å². The Hall–Kier alpha value is -2.05. The van der Waals surface area contributed by atoms with Gasteiger partial charge in [0.1, 0.15) is 6.61 Å². The molecule has 1 amide bonds. The van der Waals surface area contributed by atoms with Crippen LogP contribution in [-0.4, -0.2) is 28.1 Å². The number of carbonyl (C=O) groups is 2. The van der Waals surface area contributed by atoms with Crippen molar-refractivity contribution in [1.29, 1.82) is 0 Å². The van der Waals surface area contributed by atoms with Gasteiger partial charge in [0.15, 0.2) is 6.04 Å². The topological polar surface area (TPSA) is 66.8 Å². The normalized spacial score (nSPS) is 11.9. The third kappa shape index (κ3) is 4.99. The highest BCUT2D eigenvalue weighted by Crippen LogP contribution is 2.32. The number of benzene rings is 2. The molecule has 1 N–H and O–H groups in total. The van der Waals surface area contributed by atoms with Crippen molar-refractivity contribution in [3.8, 4) is 0 Å². The highest BCUT2D eigenvalue weighted by atomic mass is 79.9. The van der Waals surface area contributed by atoms with Gasteiger partial charge in [-0.1, -0.05) is 63.9 Å². The monoisotopic (exact) mass is 439 g/mol. The molecule has 26 heavy (non-hydrogen) atoms. The Bertz CT molecular complexity index is 782. The zero-order chi connectivity index (χ0) is 19.3. The van der Waals surface area contributed by atoms with Gasteiger partial charge >= 0.3 is 12.1 Å². The Morgan fingerprint density at radius 2 is 1.85 bits per heavy atom. The first-order chi connectivity index (χ1) is 12.3. The molecule has 0 saturated heterocycles. The second kappa shape index (κ2) is 9.05. The average Bonchev–Trinajstić information content (AvgIpc) is 2.58. The van der Waals surface area contributed by atoms with Gasteiger partial charge in [0.2, 0.25) is 0 Å². The Kier molecular flexibility index (Phi) is 7.06. The molecule has 138 valence electrons. The molecule has 0 spiro atoms. The van der Waals surface area contributed by atoms with E-state index in [1.165, 1.54) is 4.90 Å². The third-order valence-corrected chi connectivity index (χ3v) is 4.66. The van der Waals surface area contributed by atoms with Crippen molar-refractivity contribution in [1.82, 2.24) is 4.90 Å². The quantitative estimate of drug-likeness (QED) is 0.664. The van der Waals surface area contributed by atoms with E-state index >= 15 is 0 Å². The number of carbonyl (C=O) groups excluding carboxylic acids is 1. The van der Waals surface area contributed by atoms with Crippen LogP contribution in [0.1, 0.15) is 31.0 Å². The molecule has 0 fully saturated rings. The minimum atomic E-state index is -1.20.